The van der Waals surface area contributed by atoms with E-state index in [-0.39, 0.29) is 17.7 Å². The topological polar surface area (TPSA) is 18.5 Å². The molecule has 36 heavy (non-hydrogen) atoms. The van der Waals surface area contributed by atoms with E-state index in [4.69, 9.17) is 9.47 Å². The Balaban J connectivity index is 1.67. The largest absolute Gasteiger partial charge is 0.488 e. The maximum atomic E-state index is 14.7. The predicted octanol–water partition coefficient (Wildman–Crippen LogP) is 10.3. The molecule has 2 nitrogen and oxygen atoms in total. The number of ether oxygens (including phenoxy) is 2. The van der Waals surface area contributed by atoms with Gasteiger partial charge in [-0.25, -0.2) is 4.39 Å². The van der Waals surface area contributed by atoms with Gasteiger partial charge in [-0.05, 0) is 55.0 Å². The maximum absolute atomic E-state index is 14.7. The number of hydrogen-bond donors (Lipinski definition) is 0. The molecule has 0 aliphatic rings. The molecule has 0 fully saturated rings. The highest BCUT2D eigenvalue weighted by atomic mass is 19.1. The van der Waals surface area contributed by atoms with Crippen LogP contribution < -0.4 is 4.74 Å². The summed E-state index contributed by atoms with van der Waals surface area (Å²) in [6.45, 7) is 7.55. The summed E-state index contributed by atoms with van der Waals surface area (Å²) in [6, 6.07) is 13.8. The quantitative estimate of drug-likeness (QED) is 0.159. The molecule has 0 aromatic heterocycles. The number of halogens is 1. The van der Waals surface area contributed by atoms with Crippen LogP contribution in [0.15, 0.2) is 42.5 Å². The van der Waals surface area contributed by atoms with Crippen molar-refractivity contribution >= 4 is 0 Å². The molecule has 0 heterocycles. The highest BCUT2D eigenvalue weighted by Crippen LogP contribution is 2.26. The highest BCUT2D eigenvalue weighted by molar-refractivity contribution is 5.64. The summed E-state index contributed by atoms with van der Waals surface area (Å²) in [6.07, 6.45) is 19.4. The van der Waals surface area contributed by atoms with Crippen LogP contribution in [0.25, 0.3) is 11.1 Å². The summed E-state index contributed by atoms with van der Waals surface area (Å²) >= 11 is 0. The lowest BCUT2D eigenvalue weighted by Crippen LogP contribution is -2.19. The van der Waals surface area contributed by atoms with Crippen LogP contribution in [0, 0.1) is 5.82 Å². The van der Waals surface area contributed by atoms with Gasteiger partial charge in [0.1, 0.15) is 6.61 Å². The minimum atomic E-state index is -0.322. The molecule has 2 aromatic carbocycles. The van der Waals surface area contributed by atoms with Crippen molar-refractivity contribution in [1.29, 1.82) is 0 Å². The number of rotatable bonds is 21. The fraction of sp³-hybridized carbons (Fsp3) is 0.636. The second kappa shape index (κ2) is 19.3. The molecule has 0 bridgehead atoms. The molecular formula is C33H51FO2. The predicted molar refractivity (Wildman–Crippen MR) is 152 cm³/mol. The zero-order chi connectivity index (χ0) is 25.8. The fourth-order valence-corrected chi connectivity index (χ4v) is 4.55. The molecule has 202 valence electrons. The van der Waals surface area contributed by atoms with E-state index in [2.05, 4.69) is 38.1 Å². The third-order valence-electron chi connectivity index (χ3n) is 6.91. The van der Waals surface area contributed by atoms with Crippen LogP contribution in [0.4, 0.5) is 4.39 Å². The Morgan fingerprint density at radius 3 is 1.83 bits per heavy atom. The van der Waals surface area contributed by atoms with Crippen molar-refractivity contribution in [3.05, 3.63) is 53.8 Å². The van der Waals surface area contributed by atoms with Gasteiger partial charge in [0.25, 0.3) is 0 Å². The Labute approximate surface area is 221 Å². The van der Waals surface area contributed by atoms with Gasteiger partial charge in [0, 0.05) is 6.61 Å². The molecule has 2 aromatic rings. The van der Waals surface area contributed by atoms with Crippen LogP contribution in [-0.4, -0.2) is 19.3 Å². The van der Waals surface area contributed by atoms with Gasteiger partial charge in [0.05, 0.1) is 6.10 Å². The van der Waals surface area contributed by atoms with E-state index in [1.54, 1.807) is 12.1 Å². The Morgan fingerprint density at radius 2 is 1.22 bits per heavy atom. The summed E-state index contributed by atoms with van der Waals surface area (Å²) in [4.78, 5) is 0. The number of aryl methyl sites for hydroxylation is 1. The standard InChI is InChI=1S/C33H51FO2/c1-4-6-8-10-11-12-13-14-15-16-18-29-19-21-30(22-20-29)31-23-24-33(32(34)26-31)36-27-28(3)35-25-17-9-7-5-2/h19-24,26,28H,4-18,25,27H2,1-3H3. The van der Waals surface area contributed by atoms with Gasteiger partial charge in [-0.3, -0.25) is 0 Å². The van der Waals surface area contributed by atoms with Crippen LogP contribution in [0.1, 0.15) is 116 Å². The average Bonchev–Trinajstić information content (AvgIpc) is 2.89. The van der Waals surface area contributed by atoms with Crippen molar-refractivity contribution in [2.45, 2.75) is 123 Å². The van der Waals surface area contributed by atoms with E-state index < -0.39 is 0 Å². The number of benzene rings is 2. The Bertz CT molecular complexity index is 802. The second-order valence-electron chi connectivity index (χ2n) is 10.3. The first-order valence-corrected chi connectivity index (χ1v) is 14.8. The molecule has 0 N–H and O–H groups in total. The first kappa shape index (κ1) is 30.4. The van der Waals surface area contributed by atoms with Crippen molar-refractivity contribution in [2.75, 3.05) is 13.2 Å². The van der Waals surface area contributed by atoms with Crippen LogP contribution in [0.5, 0.6) is 5.75 Å². The van der Waals surface area contributed by atoms with E-state index in [0.717, 1.165) is 30.6 Å². The van der Waals surface area contributed by atoms with Crippen molar-refractivity contribution in [3.8, 4) is 16.9 Å². The van der Waals surface area contributed by atoms with Gasteiger partial charge in [-0.2, -0.15) is 0 Å². The SMILES string of the molecule is CCCCCCCCCCCCc1ccc(-c2ccc(OCC(C)OCCCCCC)c(F)c2)cc1. The molecule has 2 rings (SSSR count). The molecule has 3 heteroatoms. The molecule has 0 saturated heterocycles. The summed E-state index contributed by atoms with van der Waals surface area (Å²) < 4.78 is 26.1. The Hall–Kier alpha value is -1.87. The lowest BCUT2D eigenvalue weighted by Gasteiger charge is -2.15. The molecule has 0 saturated carbocycles. The van der Waals surface area contributed by atoms with Crippen molar-refractivity contribution in [3.63, 3.8) is 0 Å². The second-order valence-corrected chi connectivity index (χ2v) is 10.3. The smallest absolute Gasteiger partial charge is 0.165 e. The molecule has 0 spiro atoms. The zero-order valence-electron chi connectivity index (χ0n) is 23.3. The van der Waals surface area contributed by atoms with Gasteiger partial charge >= 0.3 is 0 Å². The van der Waals surface area contributed by atoms with Gasteiger partial charge in [0.2, 0.25) is 0 Å². The van der Waals surface area contributed by atoms with E-state index in [9.17, 15) is 4.39 Å². The van der Waals surface area contributed by atoms with Crippen LogP contribution in [0.2, 0.25) is 0 Å². The third-order valence-corrected chi connectivity index (χ3v) is 6.91. The highest BCUT2D eigenvalue weighted by Gasteiger charge is 2.09. The van der Waals surface area contributed by atoms with E-state index >= 15 is 0 Å². The van der Waals surface area contributed by atoms with Gasteiger partial charge in [-0.1, -0.05) is 121 Å². The first-order chi connectivity index (χ1) is 17.6. The minimum Gasteiger partial charge on any atom is -0.488 e. The van der Waals surface area contributed by atoms with E-state index in [1.807, 2.05) is 13.0 Å². The molecule has 0 radical (unpaired) electrons. The lowest BCUT2D eigenvalue weighted by atomic mass is 10.0. The van der Waals surface area contributed by atoms with Gasteiger partial charge in [-0.15, -0.1) is 0 Å². The van der Waals surface area contributed by atoms with Crippen LogP contribution >= 0.6 is 0 Å². The fourth-order valence-electron chi connectivity index (χ4n) is 4.55. The van der Waals surface area contributed by atoms with E-state index in [1.165, 1.54) is 89.0 Å². The number of unbranched alkanes of at least 4 members (excludes halogenated alkanes) is 12. The van der Waals surface area contributed by atoms with Crippen molar-refractivity contribution in [1.82, 2.24) is 0 Å². The molecule has 0 amide bonds. The molecule has 0 aliphatic heterocycles. The summed E-state index contributed by atoms with van der Waals surface area (Å²) in [5.41, 5.74) is 3.28. The van der Waals surface area contributed by atoms with E-state index in [0.29, 0.717) is 6.61 Å². The molecule has 0 aliphatic carbocycles. The third kappa shape index (κ3) is 12.9. The maximum Gasteiger partial charge on any atom is 0.165 e. The van der Waals surface area contributed by atoms with Gasteiger partial charge < -0.3 is 9.47 Å². The van der Waals surface area contributed by atoms with Crippen molar-refractivity contribution < 1.29 is 13.9 Å². The first-order valence-electron chi connectivity index (χ1n) is 14.8. The monoisotopic (exact) mass is 498 g/mol. The molecule has 1 atom stereocenters. The minimum absolute atomic E-state index is 0.0474. The normalized spacial score (nSPS) is 12.1. The Kier molecular flexibility index (Phi) is 16.2. The number of hydrogen-bond acceptors (Lipinski definition) is 2. The summed E-state index contributed by atoms with van der Waals surface area (Å²) in [7, 11) is 0. The van der Waals surface area contributed by atoms with Gasteiger partial charge in [0.15, 0.2) is 11.6 Å². The van der Waals surface area contributed by atoms with Crippen LogP contribution in [0.3, 0.4) is 0 Å². The molecular weight excluding hydrogens is 447 g/mol. The zero-order valence-corrected chi connectivity index (χ0v) is 23.3. The lowest BCUT2D eigenvalue weighted by molar-refractivity contribution is 0.0293. The van der Waals surface area contributed by atoms with Crippen molar-refractivity contribution in [2.24, 2.45) is 0 Å². The Morgan fingerprint density at radius 1 is 0.667 bits per heavy atom. The average molecular weight is 499 g/mol. The molecule has 1 unspecified atom stereocenters. The summed E-state index contributed by atoms with van der Waals surface area (Å²) in [5.74, 6) is -0.0325. The van der Waals surface area contributed by atoms with Crippen LogP contribution in [-0.2, 0) is 11.2 Å². The summed E-state index contributed by atoms with van der Waals surface area (Å²) in [5, 5.41) is 0.